The lowest BCUT2D eigenvalue weighted by Crippen LogP contribution is -2.49. The first kappa shape index (κ1) is 13.4. The molecule has 0 saturated heterocycles. The molecular formula is C9H18N2O2S. The molecule has 4 nitrogen and oxygen atoms in total. The van der Waals surface area contributed by atoms with Crippen molar-refractivity contribution in [2.24, 2.45) is 0 Å². The van der Waals surface area contributed by atoms with Crippen LogP contribution in [-0.2, 0) is 10.2 Å². The maximum atomic E-state index is 11.4. The molecule has 2 N–H and O–H groups in total. The number of nitrogens with one attached hydrogen (secondary N) is 2. The zero-order chi connectivity index (χ0) is 11.4. The maximum absolute atomic E-state index is 11.4. The summed E-state index contributed by atoms with van der Waals surface area (Å²) < 4.78 is 27.8. The Morgan fingerprint density at radius 1 is 1.43 bits per heavy atom. The third-order valence-electron chi connectivity index (χ3n) is 1.22. The van der Waals surface area contributed by atoms with Crippen molar-refractivity contribution in [2.75, 3.05) is 0 Å². The second-order valence-corrected chi connectivity index (χ2v) is 5.73. The van der Waals surface area contributed by atoms with Crippen molar-refractivity contribution in [1.82, 2.24) is 9.44 Å². The van der Waals surface area contributed by atoms with Crippen LogP contribution in [0.15, 0.2) is 0 Å². The van der Waals surface area contributed by atoms with Gasteiger partial charge in [0.15, 0.2) is 0 Å². The van der Waals surface area contributed by atoms with Crippen molar-refractivity contribution < 1.29 is 8.42 Å². The molecule has 0 spiro atoms. The third-order valence-corrected chi connectivity index (χ3v) is 2.81. The van der Waals surface area contributed by atoms with Crippen molar-refractivity contribution >= 4 is 10.2 Å². The van der Waals surface area contributed by atoms with Crippen molar-refractivity contribution in [3.05, 3.63) is 0 Å². The molecule has 0 aromatic heterocycles. The Kier molecular flexibility index (Phi) is 4.59. The van der Waals surface area contributed by atoms with E-state index < -0.39 is 15.7 Å². The fourth-order valence-electron chi connectivity index (χ4n) is 0.916. The highest BCUT2D eigenvalue weighted by Gasteiger charge is 2.20. The van der Waals surface area contributed by atoms with Gasteiger partial charge in [-0.3, -0.25) is 0 Å². The standard InChI is InChI=1S/C9H18N2O2S/c1-6-7-8(2)10-14(12,13)11-9(3,4)5/h1,8,10-11H,7H2,2-5H3. The molecule has 0 aromatic rings. The summed E-state index contributed by atoms with van der Waals surface area (Å²) in [7, 11) is -3.46. The van der Waals surface area contributed by atoms with E-state index in [4.69, 9.17) is 6.42 Å². The molecule has 0 aromatic carbocycles. The Hall–Kier alpha value is -0.570. The van der Waals surface area contributed by atoms with E-state index in [0.717, 1.165) is 0 Å². The summed E-state index contributed by atoms with van der Waals surface area (Å²) >= 11 is 0. The summed E-state index contributed by atoms with van der Waals surface area (Å²) in [5.74, 6) is 2.40. The van der Waals surface area contributed by atoms with Crippen LogP contribution in [-0.4, -0.2) is 20.0 Å². The van der Waals surface area contributed by atoms with Gasteiger partial charge in [-0.15, -0.1) is 12.3 Å². The second-order valence-electron chi connectivity index (χ2n) is 4.28. The molecule has 0 fully saturated rings. The molecule has 14 heavy (non-hydrogen) atoms. The van der Waals surface area contributed by atoms with Crippen molar-refractivity contribution in [3.63, 3.8) is 0 Å². The summed E-state index contributed by atoms with van der Waals surface area (Å²) in [5, 5.41) is 0. The highest BCUT2D eigenvalue weighted by molar-refractivity contribution is 7.87. The SMILES string of the molecule is C#CCC(C)NS(=O)(=O)NC(C)(C)C. The van der Waals surface area contributed by atoms with Crippen LogP contribution in [0.4, 0.5) is 0 Å². The van der Waals surface area contributed by atoms with Crippen LogP contribution in [0.2, 0.25) is 0 Å². The topological polar surface area (TPSA) is 58.2 Å². The minimum Gasteiger partial charge on any atom is -0.199 e. The molecule has 0 aliphatic rings. The van der Waals surface area contributed by atoms with Gasteiger partial charge < -0.3 is 0 Å². The fraction of sp³-hybridized carbons (Fsp3) is 0.778. The van der Waals surface area contributed by atoms with Crippen LogP contribution in [0.25, 0.3) is 0 Å². The van der Waals surface area contributed by atoms with Gasteiger partial charge in [-0.2, -0.15) is 17.9 Å². The summed E-state index contributed by atoms with van der Waals surface area (Å²) in [4.78, 5) is 0. The third kappa shape index (κ3) is 6.89. The zero-order valence-electron chi connectivity index (χ0n) is 9.09. The molecule has 0 aliphatic carbocycles. The molecule has 0 aliphatic heterocycles. The average molecular weight is 218 g/mol. The Bertz CT molecular complexity index is 309. The first-order valence-corrected chi connectivity index (χ1v) is 5.89. The van der Waals surface area contributed by atoms with Gasteiger partial charge in [0, 0.05) is 18.0 Å². The van der Waals surface area contributed by atoms with E-state index in [1.807, 2.05) is 0 Å². The first-order valence-electron chi connectivity index (χ1n) is 4.41. The molecule has 0 rings (SSSR count). The molecule has 5 heteroatoms. The van der Waals surface area contributed by atoms with Gasteiger partial charge >= 0.3 is 0 Å². The summed E-state index contributed by atoms with van der Waals surface area (Å²) in [5.41, 5.74) is -0.484. The Labute approximate surface area is 86.7 Å². The zero-order valence-corrected chi connectivity index (χ0v) is 9.90. The molecule has 0 bridgehead atoms. The largest absolute Gasteiger partial charge is 0.277 e. The summed E-state index contributed by atoms with van der Waals surface area (Å²) in [6, 6.07) is -0.250. The molecule has 0 saturated carbocycles. The lowest BCUT2D eigenvalue weighted by Gasteiger charge is -2.22. The Morgan fingerprint density at radius 3 is 2.29 bits per heavy atom. The van der Waals surface area contributed by atoms with Gasteiger partial charge in [0.05, 0.1) is 0 Å². The van der Waals surface area contributed by atoms with Gasteiger partial charge in [-0.25, -0.2) is 0 Å². The van der Waals surface area contributed by atoms with E-state index in [9.17, 15) is 8.42 Å². The van der Waals surface area contributed by atoms with E-state index in [0.29, 0.717) is 6.42 Å². The predicted octanol–water partition coefficient (Wildman–Crippen LogP) is 0.621. The normalized spacial score (nSPS) is 14.8. The van der Waals surface area contributed by atoms with Gasteiger partial charge in [0.1, 0.15) is 0 Å². The lowest BCUT2D eigenvalue weighted by atomic mass is 10.1. The van der Waals surface area contributed by atoms with Gasteiger partial charge in [0.25, 0.3) is 10.2 Å². The molecule has 1 atom stereocenters. The summed E-state index contributed by atoms with van der Waals surface area (Å²) in [6.45, 7) is 7.05. The molecule has 0 radical (unpaired) electrons. The van der Waals surface area contributed by atoms with E-state index in [1.54, 1.807) is 27.7 Å². The van der Waals surface area contributed by atoms with Crippen LogP contribution in [0, 0.1) is 12.3 Å². The monoisotopic (exact) mass is 218 g/mol. The second kappa shape index (κ2) is 4.78. The molecular weight excluding hydrogens is 200 g/mol. The first-order chi connectivity index (χ1) is 6.16. The van der Waals surface area contributed by atoms with Crippen molar-refractivity contribution in [3.8, 4) is 12.3 Å². The van der Waals surface area contributed by atoms with Crippen LogP contribution >= 0.6 is 0 Å². The average Bonchev–Trinajstić information content (AvgIpc) is 1.78. The van der Waals surface area contributed by atoms with Gasteiger partial charge in [0.2, 0.25) is 0 Å². The predicted molar refractivity (Wildman–Crippen MR) is 57.9 cm³/mol. The molecule has 82 valence electrons. The van der Waals surface area contributed by atoms with E-state index in [-0.39, 0.29) is 6.04 Å². The fourth-order valence-corrected chi connectivity index (χ4v) is 2.39. The lowest BCUT2D eigenvalue weighted by molar-refractivity contribution is 0.477. The van der Waals surface area contributed by atoms with E-state index in [2.05, 4.69) is 15.4 Å². The summed E-state index contributed by atoms with van der Waals surface area (Å²) in [6.07, 6.45) is 5.45. The number of rotatable bonds is 4. The highest BCUT2D eigenvalue weighted by atomic mass is 32.2. The Morgan fingerprint density at radius 2 is 1.93 bits per heavy atom. The van der Waals surface area contributed by atoms with E-state index >= 15 is 0 Å². The van der Waals surface area contributed by atoms with Crippen LogP contribution in [0.5, 0.6) is 0 Å². The smallest absolute Gasteiger partial charge is 0.199 e. The number of hydrogen-bond donors (Lipinski definition) is 2. The van der Waals surface area contributed by atoms with Crippen molar-refractivity contribution in [1.29, 1.82) is 0 Å². The van der Waals surface area contributed by atoms with Gasteiger partial charge in [-0.05, 0) is 27.7 Å². The highest BCUT2D eigenvalue weighted by Crippen LogP contribution is 2.01. The minimum absolute atomic E-state index is 0.250. The maximum Gasteiger partial charge on any atom is 0.277 e. The number of terminal acetylenes is 1. The Balaban J connectivity index is 4.31. The number of hydrogen-bond acceptors (Lipinski definition) is 2. The minimum atomic E-state index is -3.46. The van der Waals surface area contributed by atoms with E-state index in [1.165, 1.54) is 0 Å². The van der Waals surface area contributed by atoms with Gasteiger partial charge in [-0.1, -0.05) is 0 Å². The van der Waals surface area contributed by atoms with Crippen LogP contribution in [0.1, 0.15) is 34.1 Å². The quantitative estimate of drug-likeness (QED) is 0.680. The molecule has 0 heterocycles. The van der Waals surface area contributed by atoms with Crippen LogP contribution < -0.4 is 9.44 Å². The molecule has 1 unspecified atom stereocenters. The molecule has 0 amide bonds. The van der Waals surface area contributed by atoms with Crippen molar-refractivity contribution in [2.45, 2.75) is 45.7 Å². The van der Waals surface area contributed by atoms with Crippen LogP contribution in [0.3, 0.4) is 0 Å².